The quantitative estimate of drug-likeness (QED) is 0.836. The van der Waals surface area contributed by atoms with Crippen LogP contribution in [-0.2, 0) is 12.0 Å². The fraction of sp³-hybridized carbons (Fsp3) is 0.571. The fourth-order valence-electron chi connectivity index (χ4n) is 2.66. The van der Waals surface area contributed by atoms with Crippen molar-refractivity contribution in [1.82, 2.24) is 5.32 Å². The summed E-state index contributed by atoms with van der Waals surface area (Å²) < 4.78 is 5.24. The van der Waals surface area contributed by atoms with Crippen LogP contribution in [0.4, 0.5) is 0 Å². The predicted octanol–water partition coefficient (Wildman–Crippen LogP) is 1.83. The molecule has 3 heteroatoms. The molecule has 0 spiro atoms. The van der Waals surface area contributed by atoms with Gasteiger partial charge in [0.15, 0.2) is 0 Å². The highest BCUT2D eigenvalue weighted by molar-refractivity contribution is 5.40. The van der Waals surface area contributed by atoms with Gasteiger partial charge in [-0.15, -0.1) is 0 Å². The average Bonchev–Trinajstić information content (AvgIpc) is 2.36. The van der Waals surface area contributed by atoms with Crippen LogP contribution in [0.1, 0.15) is 30.4 Å². The molecule has 1 atom stereocenters. The molecule has 0 aliphatic heterocycles. The second-order valence-electron chi connectivity index (χ2n) is 4.76. The van der Waals surface area contributed by atoms with Gasteiger partial charge in [-0.25, -0.2) is 0 Å². The Balaban J connectivity index is 2.30. The van der Waals surface area contributed by atoms with Crippen molar-refractivity contribution in [2.75, 3.05) is 20.7 Å². The number of aryl methyl sites for hydroxylation is 1. The van der Waals surface area contributed by atoms with Gasteiger partial charge in [-0.1, -0.05) is 6.07 Å². The monoisotopic (exact) mass is 235 g/mol. The van der Waals surface area contributed by atoms with E-state index in [2.05, 4.69) is 11.4 Å². The van der Waals surface area contributed by atoms with Crippen molar-refractivity contribution < 1.29 is 9.84 Å². The van der Waals surface area contributed by atoms with Crippen LogP contribution >= 0.6 is 0 Å². The van der Waals surface area contributed by atoms with E-state index >= 15 is 0 Å². The molecule has 0 radical (unpaired) electrons. The number of hydrogen-bond acceptors (Lipinski definition) is 3. The predicted molar refractivity (Wildman–Crippen MR) is 68.4 cm³/mol. The largest absolute Gasteiger partial charge is 0.497 e. The Hall–Kier alpha value is -1.06. The van der Waals surface area contributed by atoms with Crippen molar-refractivity contribution in [3.63, 3.8) is 0 Å². The minimum Gasteiger partial charge on any atom is -0.497 e. The van der Waals surface area contributed by atoms with E-state index in [0.29, 0.717) is 0 Å². The van der Waals surface area contributed by atoms with E-state index in [9.17, 15) is 5.11 Å². The molecule has 0 aromatic heterocycles. The molecule has 3 nitrogen and oxygen atoms in total. The first kappa shape index (κ1) is 12.4. The van der Waals surface area contributed by atoms with Crippen LogP contribution in [0.25, 0.3) is 0 Å². The van der Waals surface area contributed by atoms with Gasteiger partial charge in [0.2, 0.25) is 0 Å². The number of fused-ring (bicyclic) bond motifs is 1. The second-order valence-corrected chi connectivity index (χ2v) is 4.76. The summed E-state index contributed by atoms with van der Waals surface area (Å²) in [6.07, 6.45) is 3.70. The zero-order valence-electron chi connectivity index (χ0n) is 10.6. The minimum atomic E-state index is -0.664. The highest BCUT2D eigenvalue weighted by atomic mass is 16.5. The number of ether oxygens (including phenoxy) is 1. The summed E-state index contributed by atoms with van der Waals surface area (Å²) in [6.45, 7) is 0.835. The molecule has 0 saturated carbocycles. The first-order chi connectivity index (χ1) is 8.19. The van der Waals surface area contributed by atoms with Crippen molar-refractivity contribution in [2.24, 2.45) is 0 Å². The summed E-state index contributed by atoms with van der Waals surface area (Å²) in [5.41, 5.74) is 1.65. The molecule has 0 saturated heterocycles. The van der Waals surface area contributed by atoms with E-state index in [0.717, 1.165) is 43.5 Å². The normalized spacial score (nSPS) is 23.2. The second kappa shape index (κ2) is 5.07. The van der Waals surface area contributed by atoms with Gasteiger partial charge in [-0.2, -0.15) is 0 Å². The van der Waals surface area contributed by atoms with Crippen molar-refractivity contribution in [3.05, 3.63) is 29.3 Å². The Morgan fingerprint density at radius 3 is 3.00 bits per heavy atom. The molecule has 0 amide bonds. The summed E-state index contributed by atoms with van der Waals surface area (Å²) >= 11 is 0. The van der Waals surface area contributed by atoms with Crippen LogP contribution in [0, 0.1) is 0 Å². The molecule has 0 heterocycles. The maximum Gasteiger partial charge on any atom is 0.119 e. The maximum atomic E-state index is 10.7. The molecule has 2 rings (SSSR count). The third-order valence-corrected chi connectivity index (χ3v) is 3.64. The van der Waals surface area contributed by atoms with Crippen LogP contribution in [0.15, 0.2) is 18.2 Å². The lowest BCUT2D eigenvalue weighted by atomic mass is 9.77. The summed E-state index contributed by atoms with van der Waals surface area (Å²) in [5, 5.41) is 13.8. The smallest absolute Gasteiger partial charge is 0.119 e. The molecule has 1 aromatic carbocycles. The van der Waals surface area contributed by atoms with Gasteiger partial charge in [0.05, 0.1) is 12.7 Å². The van der Waals surface area contributed by atoms with Gasteiger partial charge in [0.25, 0.3) is 0 Å². The molecule has 1 aromatic rings. The van der Waals surface area contributed by atoms with Gasteiger partial charge in [0.1, 0.15) is 5.75 Å². The number of nitrogens with one attached hydrogen (secondary N) is 1. The summed E-state index contributed by atoms with van der Waals surface area (Å²) in [5.74, 6) is 0.876. The number of aliphatic hydroxyl groups is 1. The van der Waals surface area contributed by atoms with Crippen molar-refractivity contribution in [1.29, 1.82) is 0 Å². The van der Waals surface area contributed by atoms with E-state index in [1.54, 1.807) is 7.11 Å². The highest BCUT2D eigenvalue weighted by Gasteiger charge is 2.33. The molecule has 1 unspecified atom stereocenters. The summed E-state index contributed by atoms with van der Waals surface area (Å²) in [6, 6.07) is 6.01. The zero-order valence-corrected chi connectivity index (χ0v) is 10.6. The van der Waals surface area contributed by atoms with Gasteiger partial charge < -0.3 is 15.2 Å². The number of methoxy groups -OCH3 is 1. The maximum absolute atomic E-state index is 10.7. The zero-order chi connectivity index (χ0) is 12.3. The van der Waals surface area contributed by atoms with Gasteiger partial charge in [-0.05, 0) is 62.5 Å². The van der Waals surface area contributed by atoms with Crippen molar-refractivity contribution in [3.8, 4) is 5.75 Å². The molecule has 17 heavy (non-hydrogen) atoms. The highest BCUT2D eigenvalue weighted by Crippen LogP contribution is 2.38. The Morgan fingerprint density at radius 2 is 2.29 bits per heavy atom. The fourth-order valence-corrected chi connectivity index (χ4v) is 2.66. The number of rotatable bonds is 4. The molecular weight excluding hydrogens is 214 g/mol. The lowest BCUT2D eigenvalue weighted by Gasteiger charge is -2.34. The van der Waals surface area contributed by atoms with E-state index in [4.69, 9.17) is 4.74 Å². The molecule has 94 valence electrons. The molecule has 1 aliphatic carbocycles. The summed E-state index contributed by atoms with van der Waals surface area (Å²) in [4.78, 5) is 0. The number of hydrogen-bond donors (Lipinski definition) is 2. The molecule has 1 aliphatic rings. The SMILES string of the molecule is CNCCC1(O)CCCc2cc(OC)ccc21. The topological polar surface area (TPSA) is 41.5 Å². The standard InChI is InChI=1S/C14H21NO2/c1-15-9-8-14(16)7-3-4-11-10-12(17-2)5-6-13(11)14/h5-6,10,15-16H,3-4,7-9H2,1-2H3. The molecule has 0 fully saturated rings. The van der Waals surface area contributed by atoms with Crippen LogP contribution < -0.4 is 10.1 Å². The average molecular weight is 235 g/mol. The van der Waals surface area contributed by atoms with Crippen LogP contribution in [0.2, 0.25) is 0 Å². The summed E-state index contributed by atoms with van der Waals surface area (Å²) in [7, 11) is 3.60. The number of benzene rings is 1. The first-order valence-electron chi connectivity index (χ1n) is 6.24. The van der Waals surface area contributed by atoms with E-state index < -0.39 is 5.60 Å². The molecular formula is C14H21NO2. The third kappa shape index (κ3) is 2.45. The molecule has 2 N–H and O–H groups in total. The van der Waals surface area contributed by atoms with Gasteiger partial charge >= 0.3 is 0 Å². The third-order valence-electron chi connectivity index (χ3n) is 3.64. The van der Waals surface area contributed by atoms with E-state index in [-0.39, 0.29) is 0 Å². The van der Waals surface area contributed by atoms with Crippen molar-refractivity contribution >= 4 is 0 Å². The van der Waals surface area contributed by atoms with E-state index in [1.807, 2.05) is 19.2 Å². The van der Waals surface area contributed by atoms with Crippen LogP contribution in [-0.4, -0.2) is 25.8 Å². The van der Waals surface area contributed by atoms with Crippen LogP contribution in [0.3, 0.4) is 0 Å². The Bertz CT molecular complexity index is 392. The van der Waals surface area contributed by atoms with Gasteiger partial charge in [-0.3, -0.25) is 0 Å². The lowest BCUT2D eigenvalue weighted by molar-refractivity contribution is 0.0108. The van der Waals surface area contributed by atoms with E-state index in [1.165, 1.54) is 5.56 Å². The Labute approximate surface area is 103 Å². The first-order valence-corrected chi connectivity index (χ1v) is 6.24. The van der Waals surface area contributed by atoms with Crippen LogP contribution in [0.5, 0.6) is 5.75 Å². The minimum absolute atomic E-state index is 0.664. The Morgan fingerprint density at radius 1 is 1.47 bits per heavy atom. The Kier molecular flexibility index (Phi) is 3.69. The molecule has 0 bridgehead atoms. The van der Waals surface area contributed by atoms with Crippen molar-refractivity contribution in [2.45, 2.75) is 31.3 Å². The van der Waals surface area contributed by atoms with Gasteiger partial charge in [0, 0.05) is 0 Å². The lowest BCUT2D eigenvalue weighted by Crippen LogP contribution is -2.33.